The van der Waals surface area contributed by atoms with Gasteiger partial charge in [-0.15, -0.1) is 0 Å². The Bertz CT molecular complexity index is 407. The fraction of sp³-hybridized carbons (Fsp3) is 0.562. The van der Waals surface area contributed by atoms with Crippen molar-refractivity contribution >= 4 is 5.91 Å². The van der Waals surface area contributed by atoms with Gasteiger partial charge in [0.25, 0.3) is 0 Å². The molecule has 2 N–H and O–H groups in total. The average Bonchev–Trinajstić information content (AvgIpc) is 2.46. The molecule has 104 valence electrons. The fourth-order valence-electron chi connectivity index (χ4n) is 2.59. The van der Waals surface area contributed by atoms with E-state index in [1.54, 1.807) is 0 Å². The third-order valence-electron chi connectivity index (χ3n) is 3.91. The van der Waals surface area contributed by atoms with Gasteiger partial charge < -0.3 is 10.6 Å². The van der Waals surface area contributed by atoms with Crippen molar-refractivity contribution in [1.82, 2.24) is 10.6 Å². The van der Waals surface area contributed by atoms with Crippen LogP contribution in [0.5, 0.6) is 0 Å². The minimum atomic E-state index is 0.142. The van der Waals surface area contributed by atoms with E-state index < -0.39 is 0 Å². The molecule has 3 heteroatoms. The standard InChI is InChI=1S/C16H24N2O/c1-3-15(13-6-4-12(2)5-7-13)18-16(19)14-8-10-17-11-9-14/h4-7,14-15,17H,3,8-11H2,1-2H3,(H,18,19). The quantitative estimate of drug-likeness (QED) is 0.873. The van der Waals surface area contributed by atoms with Gasteiger partial charge in [0.1, 0.15) is 0 Å². The lowest BCUT2D eigenvalue weighted by molar-refractivity contribution is -0.126. The highest BCUT2D eigenvalue weighted by atomic mass is 16.1. The van der Waals surface area contributed by atoms with Crippen LogP contribution in [-0.2, 0) is 4.79 Å². The molecule has 0 aromatic heterocycles. The first-order valence-corrected chi connectivity index (χ1v) is 7.28. The van der Waals surface area contributed by atoms with E-state index in [2.05, 4.69) is 48.7 Å². The van der Waals surface area contributed by atoms with Crippen molar-refractivity contribution < 1.29 is 4.79 Å². The van der Waals surface area contributed by atoms with Gasteiger partial charge in [0.15, 0.2) is 0 Å². The van der Waals surface area contributed by atoms with Crippen LogP contribution in [0, 0.1) is 12.8 Å². The van der Waals surface area contributed by atoms with Crippen LogP contribution < -0.4 is 10.6 Å². The lowest BCUT2D eigenvalue weighted by Crippen LogP contribution is -2.39. The Morgan fingerprint density at radius 1 is 1.32 bits per heavy atom. The lowest BCUT2D eigenvalue weighted by atomic mass is 9.95. The molecule has 1 heterocycles. The van der Waals surface area contributed by atoms with E-state index in [1.165, 1.54) is 11.1 Å². The summed E-state index contributed by atoms with van der Waals surface area (Å²) in [4.78, 5) is 12.3. The van der Waals surface area contributed by atoms with Crippen molar-refractivity contribution in [3.8, 4) is 0 Å². The second-order valence-corrected chi connectivity index (χ2v) is 5.40. The van der Waals surface area contributed by atoms with Crippen LogP contribution in [0.3, 0.4) is 0 Å². The maximum atomic E-state index is 12.3. The number of hydrogen-bond acceptors (Lipinski definition) is 2. The van der Waals surface area contributed by atoms with Crippen LogP contribution in [0.1, 0.15) is 43.4 Å². The molecule has 0 saturated carbocycles. The molecule has 1 aliphatic rings. The van der Waals surface area contributed by atoms with E-state index in [0.29, 0.717) is 0 Å². The number of carbonyl (C=O) groups is 1. The third-order valence-corrected chi connectivity index (χ3v) is 3.91. The summed E-state index contributed by atoms with van der Waals surface area (Å²) in [6.07, 6.45) is 2.84. The minimum Gasteiger partial charge on any atom is -0.349 e. The van der Waals surface area contributed by atoms with E-state index >= 15 is 0 Å². The highest BCUT2D eigenvalue weighted by Crippen LogP contribution is 2.19. The fourth-order valence-corrected chi connectivity index (χ4v) is 2.59. The van der Waals surface area contributed by atoms with Crippen LogP contribution in [0.25, 0.3) is 0 Å². The Kier molecular flexibility index (Phi) is 4.97. The molecule has 0 bridgehead atoms. The summed E-state index contributed by atoms with van der Waals surface area (Å²) in [6.45, 7) is 6.12. The van der Waals surface area contributed by atoms with Gasteiger partial charge >= 0.3 is 0 Å². The Balaban J connectivity index is 1.98. The predicted molar refractivity (Wildman–Crippen MR) is 77.9 cm³/mol. The molecule has 0 aliphatic carbocycles. The van der Waals surface area contributed by atoms with Gasteiger partial charge in [-0.3, -0.25) is 4.79 Å². The maximum absolute atomic E-state index is 12.3. The van der Waals surface area contributed by atoms with Crippen LogP contribution in [0.4, 0.5) is 0 Å². The molecular formula is C16H24N2O. The monoisotopic (exact) mass is 260 g/mol. The summed E-state index contributed by atoms with van der Waals surface area (Å²) in [6, 6.07) is 8.59. The van der Waals surface area contributed by atoms with Gasteiger partial charge in [-0.2, -0.15) is 0 Å². The number of hydrogen-bond donors (Lipinski definition) is 2. The molecule has 2 rings (SSSR count). The lowest BCUT2D eigenvalue weighted by Gasteiger charge is -2.25. The van der Waals surface area contributed by atoms with Gasteiger partial charge in [0, 0.05) is 5.92 Å². The highest BCUT2D eigenvalue weighted by Gasteiger charge is 2.23. The van der Waals surface area contributed by atoms with Gasteiger partial charge in [0.2, 0.25) is 5.91 Å². The topological polar surface area (TPSA) is 41.1 Å². The van der Waals surface area contributed by atoms with E-state index in [-0.39, 0.29) is 17.9 Å². The first-order chi connectivity index (χ1) is 9.20. The molecule has 1 aromatic carbocycles. The van der Waals surface area contributed by atoms with Crippen LogP contribution in [-0.4, -0.2) is 19.0 Å². The number of aryl methyl sites for hydroxylation is 1. The zero-order chi connectivity index (χ0) is 13.7. The SMILES string of the molecule is CCC(NC(=O)C1CCNCC1)c1ccc(C)cc1. The largest absolute Gasteiger partial charge is 0.349 e. The minimum absolute atomic E-state index is 0.142. The average molecular weight is 260 g/mol. The van der Waals surface area contributed by atoms with Crippen molar-refractivity contribution in [2.75, 3.05) is 13.1 Å². The zero-order valence-electron chi connectivity index (χ0n) is 11.9. The number of amides is 1. The molecule has 1 atom stereocenters. The summed E-state index contributed by atoms with van der Waals surface area (Å²) in [5, 5.41) is 6.50. The van der Waals surface area contributed by atoms with Crippen molar-refractivity contribution in [2.24, 2.45) is 5.92 Å². The summed E-state index contributed by atoms with van der Waals surface area (Å²) >= 11 is 0. The second-order valence-electron chi connectivity index (χ2n) is 5.40. The van der Waals surface area contributed by atoms with Gasteiger partial charge in [-0.05, 0) is 44.8 Å². The first-order valence-electron chi connectivity index (χ1n) is 7.28. The highest BCUT2D eigenvalue weighted by molar-refractivity contribution is 5.79. The molecule has 1 unspecified atom stereocenters. The van der Waals surface area contributed by atoms with Gasteiger partial charge in [0.05, 0.1) is 6.04 Å². The molecule has 3 nitrogen and oxygen atoms in total. The molecule has 1 saturated heterocycles. The molecular weight excluding hydrogens is 236 g/mol. The molecule has 1 aliphatic heterocycles. The summed E-state index contributed by atoms with van der Waals surface area (Å²) in [5.74, 6) is 0.398. The molecule has 1 fully saturated rings. The Hall–Kier alpha value is -1.35. The Morgan fingerprint density at radius 2 is 1.95 bits per heavy atom. The predicted octanol–water partition coefficient (Wildman–Crippen LogP) is 2.56. The van der Waals surface area contributed by atoms with E-state index in [0.717, 1.165) is 32.4 Å². The summed E-state index contributed by atoms with van der Waals surface area (Å²) in [5.41, 5.74) is 2.46. The van der Waals surface area contributed by atoms with Crippen LogP contribution in [0.15, 0.2) is 24.3 Å². The molecule has 1 aromatic rings. The van der Waals surface area contributed by atoms with Crippen molar-refractivity contribution in [3.05, 3.63) is 35.4 Å². The van der Waals surface area contributed by atoms with Crippen molar-refractivity contribution in [1.29, 1.82) is 0 Å². The Labute approximate surface area is 115 Å². The Morgan fingerprint density at radius 3 is 2.53 bits per heavy atom. The summed E-state index contributed by atoms with van der Waals surface area (Å²) in [7, 11) is 0. The number of piperidine rings is 1. The number of rotatable bonds is 4. The normalized spacial score (nSPS) is 18.0. The number of carbonyl (C=O) groups excluding carboxylic acids is 1. The third kappa shape index (κ3) is 3.80. The molecule has 1 amide bonds. The smallest absolute Gasteiger partial charge is 0.223 e. The van der Waals surface area contributed by atoms with Crippen LogP contribution >= 0.6 is 0 Å². The molecule has 19 heavy (non-hydrogen) atoms. The van der Waals surface area contributed by atoms with Crippen molar-refractivity contribution in [2.45, 2.75) is 39.2 Å². The van der Waals surface area contributed by atoms with E-state index in [4.69, 9.17) is 0 Å². The number of nitrogens with one attached hydrogen (secondary N) is 2. The summed E-state index contributed by atoms with van der Waals surface area (Å²) < 4.78 is 0. The van der Waals surface area contributed by atoms with Crippen molar-refractivity contribution in [3.63, 3.8) is 0 Å². The van der Waals surface area contributed by atoms with E-state index in [1.807, 2.05) is 0 Å². The van der Waals surface area contributed by atoms with Gasteiger partial charge in [-0.1, -0.05) is 36.8 Å². The van der Waals surface area contributed by atoms with Crippen LogP contribution in [0.2, 0.25) is 0 Å². The zero-order valence-corrected chi connectivity index (χ0v) is 11.9. The molecule has 0 spiro atoms. The number of benzene rings is 1. The maximum Gasteiger partial charge on any atom is 0.223 e. The first kappa shape index (κ1) is 14.1. The second kappa shape index (κ2) is 6.71. The van der Waals surface area contributed by atoms with E-state index in [9.17, 15) is 4.79 Å². The van der Waals surface area contributed by atoms with Gasteiger partial charge in [-0.25, -0.2) is 0 Å². The molecule has 0 radical (unpaired) electrons.